The van der Waals surface area contributed by atoms with Gasteiger partial charge in [0.15, 0.2) is 0 Å². The number of nitriles is 1. The lowest BCUT2D eigenvalue weighted by Crippen LogP contribution is -2.56. The van der Waals surface area contributed by atoms with E-state index >= 15 is 0 Å². The van der Waals surface area contributed by atoms with Crippen molar-refractivity contribution in [2.45, 2.75) is 44.8 Å². The summed E-state index contributed by atoms with van der Waals surface area (Å²) < 4.78 is 5.71. The first kappa shape index (κ1) is 15.0. The van der Waals surface area contributed by atoms with Gasteiger partial charge in [0, 0.05) is 19.7 Å². The number of nitrogens with zero attached hydrogens (tertiary/aromatic N) is 2. The first-order valence-electron chi connectivity index (χ1n) is 7.22. The van der Waals surface area contributed by atoms with Gasteiger partial charge in [0.1, 0.15) is 17.7 Å². The van der Waals surface area contributed by atoms with Gasteiger partial charge < -0.3 is 14.7 Å². The van der Waals surface area contributed by atoms with E-state index in [9.17, 15) is 9.90 Å². The lowest BCUT2D eigenvalue weighted by molar-refractivity contribution is -0.149. The lowest BCUT2D eigenvalue weighted by atomic mass is 9.86. The zero-order chi connectivity index (χ0) is 14.8. The summed E-state index contributed by atoms with van der Waals surface area (Å²) in [5.41, 5.74) is -0.304. The normalized spacial score (nSPS) is 30.9. The number of ether oxygens (including phenoxy) is 1. The molecule has 2 saturated heterocycles. The fourth-order valence-corrected chi connectivity index (χ4v) is 2.98. The second kappa shape index (κ2) is 5.94. The van der Waals surface area contributed by atoms with Crippen molar-refractivity contribution in [3.63, 3.8) is 0 Å². The summed E-state index contributed by atoms with van der Waals surface area (Å²) in [4.78, 5) is 13.9. The van der Waals surface area contributed by atoms with Gasteiger partial charge in [-0.1, -0.05) is 19.9 Å². The van der Waals surface area contributed by atoms with Gasteiger partial charge in [-0.15, -0.1) is 0 Å². The molecule has 0 aromatic carbocycles. The Labute approximate surface area is 119 Å². The Kier molecular flexibility index (Phi) is 4.46. The van der Waals surface area contributed by atoms with E-state index in [1.165, 1.54) is 0 Å². The number of piperidine rings is 1. The molecule has 2 aliphatic rings. The van der Waals surface area contributed by atoms with Crippen molar-refractivity contribution in [3.05, 3.63) is 11.6 Å². The van der Waals surface area contributed by atoms with Crippen LogP contribution in [-0.4, -0.2) is 47.3 Å². The fraction of sp³-hybridized carbons (Fsp3) is 0.733. The van der Waals surface area contributed by atoms with Gasteiger partial charge in [-0.2, -0.15) is 5.26 Å². The molecule has 2 fully saturated rings. The molecule has 0 unspecified atom stereocenters. The monoisotopic (exact) mass is 278 g/mol. The number of allylic oxidation sites excluding steroid dienone is 1. The van der Waals surface area contributed by atoms with Crippen LogP contribution in [0.25, 0.3) is 0 Å². The predicted octanol–water partition coefficient (Wildman–Crippen LogP) is 1.23. The highest BCUT2D eigenvalue weighted by atomic mass is 16.5. The van der Waals surface area contributed by atoms with E-state index in [1.54, 1.807) is 11.0 Å². The minimum absolute atomic E-state index is 0.146. The number of rotatable bonds is 2. The molecule has 0 aromatic rings. The third-order valence-electron chi connectivity index (χ3n) is 4.08. The van der Waals surface area contributed by atoms with Crippen LogP contribution in [0.2, 0.25) is 0 Å². The molecule has 5 nitrogen and oxygen atoms in total. The molecular formula is C15H22N2O3. The second-order valence-corrected chi connectivity index (χ2v) is 5.97. The second-order valence-electron chi connectivity index (χ2n) is 5.97. The van der Waals surface area contributed by atoms with E-state index in [-0.39, 0.29) is 23.9 Å². The average Bonchev–Trinajstić information content (AvgIpc) is 2.88. The van der Waals surface area contributed by atoms with Crippen molar-refractivity contribution < 1.29 is 14.6 Å². The number of hydrogen-bond acceptors (Lipinski definition) is 4. The van der Waals surface area contributed by atoms with Crippen LogP contribution in [0, 0.1) is 17.2 Å². The Balaban J connectivity index is 2.05. The highest BCUT2D eigenvalue weighted by molar-refractivity contribution is 5.97. The van der Waals surface area contributed by atoms with E-state index < -0.39 is 11.7 Å². The highest BCUT2D eigenvalue weighted by Gasteiger charge is 2.46. The number of β-amino-alcohol motifs (C(OH)–C–C–N with tert-alkyl or cyclic N) is 1. The van der Waals surface area contributed by atoms with Crippen molar-refractivity contribution in [2.75, 3.05) is 19.7 Å². The molecule has 1 N–H and O–H groups in total. The molecule has 2 atom stereocenters. The number of hydrogen-bond donors (Lipinski definition) is 1. The summed E-state index contributed by atoms with van der Waals surface area (Å²) in [6, 6.07) is 1.96. The topological polar surface area (TPSA) is 73.6 Å². The van der Waals surface area contributed by atoms with Crippen LogP contribution in [0.5, 0.6) is 0 Å². The number of carbonyl (C=O) groups excluding carboxylic acids is 1. The summed E-state index contributed by atoms with van der Waals surface area (Å²) in [5.74, 6) is -0.138. The molecule has 2 heterocycles. The molecule has 0 radical (unpaired) electrons. The van der Waals surface area contributed by atoms with Gasteiger partial charge in [-0.05, 0) is 25.2 Å². The maximum Gasteiger partial charge on any atom is 0.264 e. The standard InChI is InChI=1S/C15H22N2O3/c1-11(2)8-12(9-16)14(19)17-6-5-15(13(18)10-17)4-3-7-20-15/h8,11,13,18H,3-7,10H2,1-2H3/t13-,15-/m1/s1. The average molecular weight is 278 g/mol. The molecule has 0 aliphatic carbocycles. The molecule has 1 spiro atoms. The minimum atomic E-state index is -0.665. The Morgan fingerprint density at radius 2 is 2.30 bits per heavy atom. The highest BCUT2D eigenvalue weighted by Crippen LogP contribution is 2.36. The van der Waals surface area contributed by atoms with Crippen LogP contribution in [-0.2, 0) is 9.53 Å². The molecule has 5 heteroatoms. The maximum atomic E-state index is 12.3. The van der Waals surface area contributed by atoms with Crippen molar-refractivity contribution >= 4 is 5.91 Å². The third kappa shape index (κ3) is 2.87. The first-order chi connectivity index (χ1) is 9.48. The molecule has 0 bridgehead atoms. The van der Waals surface area contributed by atoms with E-state index in [2.05, 4.69) is 0 Å². The summed E-state index contributed by atoms with van der Waals surface area (Å²) in [6.45, 7) is 5.32. The third-order valence-corrected chi connectivity index (χ3v) is 4.08. The van der Waals surface area contributed by atoms with Gasteiger partial charge in [0.05, 0.1) is 5.60 Å². The van der Waals surface area contributed by atoms with Crippen LogP contribution in [0.3, 0.4) is 0 Å². The van der Waals surface area contributed by atoms with Gasteiger partial charge in [-0.3, -0.25) is 4.79 Å². The van der Waals surface area contributed by atoms with Crippen molar-refractivity contribution in [3.8, 4) is 6.07 Å². The quantitative estimate of drug-likeness (QED) is 0.609. The molecule has 1 amide bonds. The largest absolute Gasteiger partial charge is 0.388 e. The Hall–Kier alpha value is -1.38. The molecule has 0 aromatic heterocycles. The molecule has 0 saturated carbocycles. The van der Waals surface area contributed by atoms with Crippen molar-refractivity contribution in [2.24, 2.45) is 5.92 Å². The Morgan fingerprint density at radius 1 is 1.55 bits per heavy atom. The summed E-state index contributed by atoms with van der Waals surface area (Å²) in [5, 5.41) is 19.4. The van der Waals surface area contributed by atoms with Crippen LogP contribution >= 0.6 is 0 Å². The van der Waals surface area contributed by atoms with E-state index in [1.807, 2.05) is 19.9 Å². The number of aliphatic hydroxyl groups is 1. The zero-order valence-electron chi connectivity index (χ0n) is 12.1. The van der Waals surface area contributed by atoms with Gasteiger partial charge in [0.25, 0.3) is 5.91 Å². The molecule has 110 valence electrons. The lowest BCUT2D eigenvalue weighted by Gasteiger charge is -2.42. The van der Waals surface area contributed by atoms with Gasteiger partial charge >= 0.3 is 0 Å². The van der Waals surface area contributed by atoms with Crippen molar-refractivity contribution in [1.29, 1.82) is 5.26 Å². The summed E-state index contributed by atoms with van der Waals surface area (Å²) in [7, 11) is 0. The van der Waals surface area contributed by atoms with Crippen LogP contribution in [0.4, 0.5) is 0 Å². The van der Waals surface area contributed by atoms with Crippen molar-refractivity contribution in [1.82, 2.24) is 4.90 Å². The molecule has 20 heavy (non-hydrogen) atoms. The van der Waals surface area contributed by atoms with Gasteiger partial charge in [0.2, 0.25) is 0 Å². The number of likely N-dealkylation sites (tertiary alicyclic amines) is 1. The van der Waals surface area contributed by atoms with Crippen LogP contribution in [0.15, 0.2) is 11.6 Å². The minimum Gasteiger partial charge on any atom is -0.388 e. The Bertz CT molecular complexity index is 445. The van der Waals surface area contributed by atoms with Gasteiger partial charge in [-0.25, -0.2) is 0 Å². The fourth-order valence-electron chi connectivity index (χ4n) is 2.98. The molecule has 2 aliphatic heterocycles. The number of carbonyl (C=O) groups is 1. The van der Waals surface area contributed by atoms with Crippen LogP contribution < -0.4 is 0 Å². The predicted molar refractivity (Wildman–Crippen MR) is 73.7 cm³/mol. The number of aliphatic hydroxyl groups excluding tert-OH is 1. The SMILES string of the molecule is CC(C)C=C(C#N)C(=O)N1CC[C@]2(CCCO2)[C@H](O)C1. The smallest absolute Gasteiger partial charge is 0.264 e. The maximum absolute atomic E-state index is 12.3. The molecule has 2 rings (SSSR count). The zero-order valence-corrected chi connectivity index (χ0v) is 12.1. The summed E-state index contributed by atoms with van der Waals surface area (Å²) >= 11 is 0. The first-order valence-corrected chi connectivity index (χ1v) is 7.22. The Morgan fingerprint density at radius 3 is 2.80 bits per heavy atom. The van der Waals surface area contributed by atoms with E-state index in [0.717, 1.165) is 12.8 Å². The number of amides is 1. The summed E-state index contributed by atoms with van der Waals surface area (Å²) in [6.07, 6.45) is 3.46. The van der Waals surface area contributed by atoms with E-state index in [4.69, 9.17) is 10.00 Å². The van der Waals surface area contributed by atoms with Crippen LogP contribution in [0.1, 0.15) is 33.1 Å². The molecular weight excluding hydrogens is 256 g/mol. The van der Waals surface area contributed by atoms with E-state index in [0.29, 0.717) is 19.6 Å².